The highest BCUT2D eigenvalue weighted by molar-refractivity contribution is 5.78. The number of rotatable bonds is 8. The van der Waals surface area contributed by atoms with Crippen LogP contribution >= 0.6 is 0 Å². The quantitative estimate of drug-likeness (QED) is 0.677. The second-order valence-electron chi connectivity index (χ2n) is 6.21. The van der Waals surface area contributed by atoms with Gasteiger partial charge in [0.1, 0.15) is 0 Å². The fourth-order valence-corrected chi connectivity index (χ4v) is 2.49. The molecule has 0 spiro atoms. The predicted octanol–water partition coefficient (Wildman–Crippen LogP) is 0.504. The van der Waals surface area contributed by atoms with E-state index in [1.54, 1.807) is 29.3 Å². The fourth-order valence-electron chi connectivity index (χ4n) is 2.49. The van der Waals surface area contributed by atoms with Gasteiger partial charge in [-0.2, -0.15) is 0 Å². The predicted molar refractivity (Wildman–Crippen MR) is 95.8 cm³/mol. The average molecular weight is 379 g/mol. The summed E-state index contributed by atoms with van der Waals surface area (Å²) in [7, 11) is 1.46. The van der Waals surface area contributed by atoms with Crippen molar-refractivity contribution in [1.29, 1.82) is 0 Å². The van der Waals surface area contributed by atoms with Crippen LogP contribution in [0.2, 0.25) is 0 Å². The second kappa shape index (κ2) is 10.5. The first kappa shape index (κ1) is 20.7. The van der Waals surface area contributed by atoms with Gasteiger partial charge in [0.15, 0.2) is 0 Å². The number of nitrogens with zero attached hydrogens (tertiary/aromatic N) is 2. The molecule has 0 saturated carbocycles. The molecule has 1 aromatic rings. The van der Waals surface area contributed by atoms with Gasteiger partial charge in [-0.3, -0.25) is 10.2 Å². The Balaban J connectivity index is 1.77. The number of ether oxygens (including phenoxy) is 2. The summed E-state index contributed by atoms with van der Waals surface area (Å²) >= 11 is 0. The van der Waals surface area contributed by atoms with Gasteiger partial charge < -0.3 is 19.5 Å². The summed E-state index contributed by atoms with van der Waals surface area (Å²) in [5, 5.41) is 11.1. The Hall–Kier alpha value is -2.65. The Labute approximate surface area is 157 Å². The molecule has 2 rings (SSSR count). The first-order chi connectivity index (χ1) is 13.0. The zero-order valence-electron chi connectivity index (χ0n) is 15.3. The highest BCUT2D eigenvalue weighted by Crippen LogP contribution is 2.08. The molecule has 0 unspecified atom stereocenters. The third kappa shape index (κ3) is 7.24. The van der Waals surface area contributed by atoms with Crippen molar-refractivity contribution in [3.05, 3.63) is 35.9 Å². The van der Waals surface area contributed by atoms with Crippen molar-refractivity contribution in [2.45, 2.75) is 18.9 Å². The smallest absolute Gasteiger partial charge is 0.410 e. The number of carboxylic acids is 1. The van der Waals surface area contributed by atoms with Gasteiger partial charge >= 0.3 is 12.1 Å². The topological polar surface area (TPSA) is 108 Å². The highest BCUT2D eigenvalue weighted by Gasteiger charge is 2.25. The van der Waals surface area contributed by atoms with Crippen molar-refractivity contribution in [3.63, 3.8) is 0 Å². The minimum Gasteiger partial charge on any atom is -0.478 e. The van der Waals surface area contributed by atoms with Crippen LogP contribution in [0, 0.1) is 0 Å². The van der Waals surface area contributed by atoms with Crippen molar-refractivity contribution in [2.24, 2.45) is 0 Å². The largest absolute Gasteiger partial charge is 0.478 e. The molecule has 2 N–H and O–H groups in total. The maximum atomic E-state index is 12.1. The monoisotopic (exact) mass is 379 g/mol. The number of nitrogens with one attached hydrogen (secondary N) is 1. The van der Waals surface area contributed by atoms with Crippen LogP contribution in [0.15, 0.2) is 30.3 Å². The van der Waals surface area contributed by atoms with Gasteiger partial charge in [0.2, 0.25) is 12.0 Å². The molecular formula is C18H25N3O6. The van der Waals surface area contributed by atoms with E-state index >= 15 is 0 Å². The zero-order chi connectivity index (χ0) is 19.6. The summed E-state index contributed by atoms with van der Waals surface area (Å²) in [6, 6.07) is 8.93. The van der Waals surface area contributed by atoms with Gasteiger partial charge in [0.25, 0.3) is 0 Å². The van der Waals surface area contributed by atoms with E-state index in [0.717, 1.165) is 5.56 Å². The number of hydrogen-bond donors (Lipinski definition) is 2. The van der Waals surface area contributed by atoms with Crippen LogP contribution in [0.1, 0.15) is 12.0 Å². The number of amides is 2. The van der Waals surface area contributed by atoms with Crippen molar-refractivity contribution < 1.29 is 29.0 Å². The standard InChI is InChI=1S/C18H25N3O6/c1-20(8-7-16(22)19-21-9-11-26-12-10-21)18(25)27-15(17(23)24)13-14-5-3-2-4-6-14/h2-6,15H,7-13H2,1H3,(H,19,22)(H,23,24)/t15-/m0/s1. The lowest BCUT2D eigenvalue weighted by molar-refractivity contribution is -0.147. The van der Waals surface area contributed by atoms with Gasteiger partial charge in [0, 0.05) is 39.5 Å². The molecule has 1 fully saturated rings. The van der Waals surface area contributed by atoms with Crippen LogP contribution in [0.4, 0.5) is 4.79 Å². The molecular weight excluding hydrogens is 354 g/mol. The second-order valence-corrected chi connectivity index (χ2v) is 6.21. The molecule has 1 saturated heterocycles. The molecule has 1 aliphatic heterocycles. The van der Waals surface area contributed by atoms with Crippen LogP contribution in [-0.2, 0) is 25.5 Å². The molecule has 1 heterocycles. The number of benzene rings is 1. The van der Waals surface area contributed by atoms with E-state index in [0.29, 0.717) is 26.3 Å². The summed E-state index contributed by atoms with van der Waals surface area (Å²) in [4.78, 5) is 36.6. The Morgan fingerprint density at radius 2 is 1.93 bits per heavy atom. The first-order valence-electron chi connectivity index (χ1n) is 8.76. The molecule has 1 aliphatic rings. The SMILES string of the molecule is CN(CCC(=O)NN1CCOCC1)C(=O)O[C@@H](Cc1ccccc1)C(=O)O. The van der Waals surface area contributed by atoms with Crippen LogP contribution in [0.25, 0.3) is 0 Å². The molecule has 0 aliphatic carbocycles. The van der Waals surface area contributed by atoms with E-state index in [2.05, 4.69) is 5.43 Å². The Kier molecular flexibility index (Phi) is 8.02. The van der Waals surface area contributed by atoms with Gasteiger partial charge in [-0.1, -0.05) is 30.3 Å². The van der Waals surface area contributed by atoms with Crippen molar-refractivity contribution in [2.75, 3.05) is 39.9 Å². The minimum atomic E-state index is -1.29. The number of morpholine rings is 1. The maximum absolute atomic E-state index is 12.1. The van der Waals surface area contributed by atoms with E-state index in [4.69, 9.17) is 9.47 Å². The van der Waals surface area contributed by atoms with E-state index < -0.39 is 18.2 Å². The Morgan fingerprint density at radius 3 is 2.56 bits per heavy atom. The van der Waals surface area contributed by atoms with E-state index in [9.17, 15) is 19.5 Å². The Morgan fingerprint density at radius 1 is 1.26 bits per heavy atom. The lowest BCUT2D eigenvalue weighted by Crippen LogP contribution is -2.49. The number of carboxylic acid groups (broad SMARTS) is 1. The molecule has 1 aromatic carbocycles. The van der Waals surface area contributed by atoms with E-state index in [1.165, 1.54) is 11.9 Å². The van der Waals surface area contributed by atoms with Gasteiger partial charge in [-0.25, -0.2) is 14.6 Å². The fraction of sp³-hybridized carbons (Fsp3) is 0.500. The molecule has 0 bridgehead atoms. The average Bonchev–Trinajstić information content (AvgIpc) is 2.67. The van der Waals surface area contributed by atoms with Gasteiger partial charge in [0.05, 0.1) is 13.2 Å². The van der Waals surface area contributed by atoms with E-state index in [-0.39, 0.29) is 25.3 Å². The summed E-state index contributed by atoms with van der Waals surface area (Å²) in [6.45, 7) is 2.47. The summed E-state index contributed by atoms with van der Waals surface area (Å²) in [5.74, 6) is -1.44. The maximum Gasteiger partial charge on any atom is 0.410 e. The third-order valence-corrected chi connectivity index (χ3v) is 4.06. The number of aliphatic carboxylic acids is 1. The molecule has 0 radical (unpaired) electrons. The molecule has 1 atom stereocenters. The van der Waals surface area contributed by atoms with Crippen LogP contribution in [0.3, 0.4) is 0 Å². The van der Waals surface area contributed by atoms with Crippen LogP contribution in [-0.4, -0.2) is 79.0 Å². The molecule has 27 heavy (non-hydrogen) atoms. The molecule has 148 valence electrons. The van der Waals surface area contributed by atoms with Crippen LogP contribution in [0.5, 0.6) is 0 Å². The van der Waals surface area contributed by atoms with Gasteiger partial charge in [-0.15, -0.1) is 0 Å². The molecule has 2 amide bonds. The van der Waals surface area contributed by atoms with Gasteiger partial charge in [-0.05, 0) is 5.56 Å². The van der Waals surface area contributed by atoms with E-state index in [1.807, 2.05) is 6.07 Å². The minimum absolute atomic E-state index is 0.0767. The lowest BCUT2D eigenvalue weighted by atomic mass is 10.1. The number of hydrogen-bond acceptors (Lipinski definition) is 6. The summed E-state index contributed by atoms with van der Waals surface area (Å²) < 4.78 is 10.3. The number of carbonyl (C=O) groups excluding carboxylic acids is 2. The first-order valence-corrected chi connectivity index (χ1v) is 8.76. The summed E-state index contributed by atoms with van der Waals surface area (Å²) in [6.07, 6.45) is -1.91. The normalized spacial score (nSPS) is 15.6. The van der Waals surface area contributed by atoms with Crippen molar-refractivity contribution in [1.82, 2.24) is 15.3 Å². The zero-order valence-corrected chi connectivity index (χ0v) is 15.3. The number of carbonyl (C=O) groups is 3. The summed E-state index contributed by atoms with van der Waals surface area (Å²) in [5.41, 5.74) is 3.50. The Bertz CT molecular complexity index is 633. The molecule has 0 aromatic heterocycles. The van der Waals surface area contributed by atoms with Crippen LogP contribution < -0.4 is 5.43 Å². The lowest BCUT2D eigenvalue weighted by Gasteiger charge is -2.27. The number of hydrazine groups is 1. The highest BCUT2D eigenvalue weighted by atomic mass is 16.6. The molecule has 9 nitrogen and oxygen atoms in total. The molecule has 9 heteroatoms. The van der Waals surface area contributed by atoms with Crippen molar-refractivity contribution in [3.8, 4) is 0 Å². The van der Waals surface area contributed by atoms with Crippen molar-refractivity contribution >= 4 is 18.0 Å². The third-order valence-electron chi connectivity index (χ3n) is 4.06.